The maximum Gasteiger partial charge on any atom is 0.164 e. The second-order valence-electron chi connectivity index (χ2n) is 16.0. The monoisotopic (exact) mass is 806 g/mol. The van der Waals surface area contributed by atoms with E-state index < -0.39 is 0 Å². The summed E-state index contributed by atoms with van der Waals surface area (Å²) in [6.07, 6.45) is 0. The maximum atomic E-state index is 6.68. The van der Waals surface area contributed by atoms with Crippen molar-refractivity contribution < 1.29 is 8.83 Å². The van der Waals surface area contributed by atoms with Crippen molar-refractivity contribution in [1.82, 2.24) is 19.5 Å². The third kappa shape index (κ3) is 5.84. The molecule has 0 fully saturated rings. The van der Waals surface area contributed by atoms with E-state index in [0.717, 1.165) is 94.0 Å². The zero-order valence-electron chi connectivity index (χ0n) is 33.7. The first-order chi connectivity index (χ1) is 31.2. The van der Waals surface area contributed by atoms with E-state index in [1.54, 1.807) is 0 Å². The zero-order chi connectivity index (χ0) is 41.4. The Morgan fingerprint density at radius 2 is 0.683 bits per heavy atom. The Hall–Kier alpha value is -8.61. The Balaban J connectivity index is 0.914. The lowest BCUT2D eigenvalue weighted by atomic mass is 10.0. The van der Waals surface area contributed by atoms with Gasteiger partial charge in [-0.15, -0.1) is 0 Å². The minimum atomic E-state index is 0.553. The van der Waals surface area contributed by atoms with Gasteiger partial charge in [-0.25, -0.2) is 15.0 Å². The van der Waals surface area contributed by atoms with Gasteiger partial charge in [-0.3, -0.25) is 0 Å². The predicted octanol–water partition coefficient (Wildman–Crippen LogP) is 15.1. The van der Waals surface area contributed by atoms with Crippen LogP contribution in [0.4, 0.5) is 0 Å². The molecule has 6 heteroatoms. The minimum absolute atomic E-state index is 0.553. The number of nitrogens with zero attached hydrogens (tertiary/aromatic N) is 4. The van der Waals surface area contributed by atoms with Crippen molar-refractivity contribution in [2.24, 2.45) is 0 Å². The molecule has 0 unspecified atom stereocenters. The molecule has 0 N–H and O–H groups in total. The third-order valence-electron chi connectivity index (χ3n) is 12.3. The average molecular weight is 807 g/mol. The molecule has 294 valence electrons. The highest BCUT2D eigenvalue weighted by atomic mass is 16.3. The van der Waals surface area contributed by atoms with Gasteiger partial charge in [0.1, 0.15) is 22.3 Å². The number of hydrogen-bond acceptors (Lipinski definition) is 5. The summed E-state index contributed by atoms with van der Waals surface area (Å²) in [4.78, 5) is 15.3. The molecule has 63 heavy (non-hydrogen) atoms. The summed E-state index contributed by atoms with van der Waals surface area (Å²) in [5.41, 5.74) is 13.7. The minimum Gasteiger partial charge on any atom is -0.456 e. The summed E-state index contributed by atoms with van der Waals surface area (Å²) in [6.45, 7) is 0. The molecule has 0 saturated heterocycles. The zero-order valence-corrected chi connectivity index (χ0v) is 33.7. The molecule has 4 aromatic heterocycles. The van der Waals surface area contributed by atoms with E-state index in [1.807, 2.05) is 36.4 Å². The van der Waals surface area contributed by atoms with Crippen LogP contribution >= 0.6 is 0 Å². The summed E-state index contributed by atoms with van der Waals surface area (Å²) >= 11 is 0. The van der Waals surface area contributed by atoms with Crippen LogP contribution in [0.15, 0.2) is 215 Å². The number of rotatable bonds is 6. The quantitative estimate of drug-likeness (QED) is 0.167. The van der Waals surface area contributed by atoms with E-state index in [1.165, 1.54) is 16.3 Å². The van der Waals surface area contributed by atoms with Crippen LogP contribution in [0.2, 0.25) is 0 Å². The number of furan rings is 2. The van der Waals surface area contributed by atoms with Gasteiger partial charge in [0.05, 0.1) is 11.0 Å². The van der Waals surface area contributed by atoms with Gasteiger partial charge >= 0.3 is 0 Å². The van der Waals surface area contributed by atoms with Crippen molar-refractivity contribution in [3.05, 3.63) is 206 Å². The molecule has 0 aliphatic carbocycles. The molecule has 0 radical (unpaired) electrons. The van der Waals surface area contributed by atoms with Gasteiger partial charge in [0, 0.05) is 54.7 Å². The van der Waals surface area contributed by atoms with E-state index in [-0.39, 0.29) is 0 Å². The standard InChI is InChI=1S/C57H34N4O2/c1-3-11-35(12-4-1)36-19-21-37(22-20-36)55-58-56(40-25-29-46-45-16-8-10-18-51(45)62-53(46)33-40)60-57(59-55)41-26-30-48-47-28-24-39(32-52(47)63-54(48)34-41)38-23-27-44-43-15-7-9-17-49(43)61(50(44)31-38)42-13-5-2-6-14-42/h1-34H. The average Bonchev–Trinajstić information content (AvgIpc) is 4.03. The van der Waals surface area contributed by atoms with Gasteiger partial charge < -0.3 is 13.4 Å². The SMILES string of the molecule is c1ccc(-c2ccc(-c3nc(-c4ccc5c(c4)oc4ccccc45)nc(-c4ccc5c(c4)oc4cc(-c6ccc7c8ccccc8n(-c8ccccc8)c7c6)ccc45)n3)cc2)cc1. The smallest absolute Gasteiger partial charge is 0.164 e. The predicted molar refractivity (Wildman–Crippen MR) is 256 cm³/mol. The fourth-order valence-corrected chi connectivity index (χ4v) is 9.17. The molecular weight excluding hydrogens is 773 g/mol. The normalized spacial score (nSPS) is 11.8. The first-order valence-electron chi connectivity index (χ1n) is 21.1. The van der Waals surface area contributed by atoms with Crippen molar-refractivity contribution in [2.45, 2.75) is 0 Å². The van der Waals surface area contributed by atoms with Crippen molar-refractivity contribution in [1.29, 1.82) is 0 Å². The van der Waals surface area contributed by atoms with Gasteiger partial charge in [0.25, 0.3) is 0 Å². The first-order valence-corrected chi connectivity index (χ1v) is 21.1. The summed E-state index contributed by atoms with van der Waals surface area (Å²) < 4.78 is 15.3. The summed E-state index contributed by atoms with van der Waals surface area (Å²) in [6, 6.07) is 71.7. The lowest BCUT2D eigenvalue weighted by Gasteiger charge is -2.09. The number of para-hydroxylation sites is 3. The molecule has 0 saturated carbocycles. The molecule has 4 heterocycles. The number of hydrogen-bond donors (Lipinski definition) is 0. The number of benzene rings is 9. The van der Waals surface area contributed by atoms with E-state index in [9.17, 15) is 0 Å². The first kappa shape index (κ1) is 35.2. The highest BCUT2D eigenvalue weighted by Crippen LogP contribution is 2.39. The van der Waals surface area contributed by atoms with Crippen LogP contribution < -0.4 is 0 Å². The van der Waals surface area contributed by atoms with Crippen LogP contribution in [0.5, 0.6) is 0 Å². The Morgan fingerprint density at radius 1 is 0.270 bits per heavy atom. The molecule has 0 bridgehead atoms. The molecule has 13 aromatic rings. The van der Waals surface area contributed by atoms with E-state index >= 15 is 0 Å². The van der Waals surface area contributed by atoms with Crippen LogP contribution in [-0.2, 0) is 0 Å². The second kappa shape index (κ2) is 14.0. The maximum absolute atomic E-state index is 6.68. The highest BCUT2D eigenvalue weighted by Gasteiger charge is 2.18. The van der Waals surface area contributed by atoms with Crippen molar-refractivity contribution >= 4 is 65.7 Å². The van der Waals surface area contributed by atoms with Gasteiger partial charge in [-0.05, 0) is 89.0 Å². The Bertz CT molecular complexity index is 3900. The largest absolute Gasteiger partial charge is 0.456 e. The topological polar surface area (TPSA) is 69.9 Å². The second-order valence-corrected chi connectivity index (χ2v) is 16.0. The van der Waals surface area contributed by atoms with Gasteiger partial charge in [0.15, 0.2) is 17.5 Å². The summed E-state index contributed by atoms with van der Waals surface area (Å²) in [5.74, 6) is 1.69. The molecular formula is C57H34N4O2. The van der Waals surface area contributed by atoms with Crippen LogP contribution in [0.3, 0.4) is 0 Å². The van der Waals surface area contributed by atoms with Crippen LogP contribution in [0, 0.1) is 0 Å². The lowest BCUT2D eigenvalue weighted by Crippen LogP contribution is -2.00. The van der Waals surface area contributed by atoms with Crippen molar-refractivity contribution in [2.75, 3.05) is 0 Å². The lowest BCUT2D eigenvalue weighted by molar-refractivity contribution is 0.669. The van der Waals surface area contributed by atoms with Crippen molar-refractivity contribution in [3.8, 4) is 62.1 Å². The molecule has 0 amide bonds. The number of aromatic nitrogens is 4. The fraction of sp³-hybridized carbons (Fsp3) is 0. The van der Waals surface area contributed by atoms with Crippen LogP contribution in [0.25, 0.3) is 128 Å². The Kier molecular flexibility index (Phi) is 7.80. The van der Waals surface area contributed by atoms with Crippen LogP contribution in [0.1, 0.15) is 0 Å². The Labute approximate surface area is 361 Å². The van der Waals surface area contributed by atoms with E-state index in [2.05, 4.69) is 174 Å². The summed E-state index contributed by atoms with van der Waals surface area (Å²) in [5, 5.41) is 6.66. The molecule has 0 aliphatic rings. The highest BCUT2D eigenvalue weighted by molar-refractivity contribution is 6.11. The summed E-state index contributed by atoms with van der Waals surface area (Å²) in [7, 11) is 0. The van der Waals surface area contributed by atoms with E-state index in [4.69, 9.17) is 23.8 Å². The number of fused-ring (bicyclic) bond motifs is 9. The Morgan fingerprint density at radius 3 is 1.35 bits per heavy atom. The molecule has 6 nitrogen and oxygen atoms in total. The fourth-order valence-electron chi connectivity index (χ4n) is 9.17. The van der Waals surface area contributed by atoms with Gasteiger partial charge in [-0.2, -0.15) is 0 Å². The molecule has 9 aromatic carbocycles. The molecule has 0 aliphatic heterocycles. The molecule has 13 rings (SSSR count). The molecule has 0 atom stereocenters. The van der Waals surface area contributed by atoms with Gasteiger partial charge in [0.2, 0.25) is 0 Å². The third-order valence-corrected chi connectivity index (χ3v) is 12.3. The van der Waals surface area contributed by atoms with Crippen LogP contribution in [-0.4, -0.2) is 19.5 Å². The van der Waals surface area contributed by atoms with E-state index in [0.29, 0.717) is 17.5 Å². The molecule has 0 spiro atoms. The van der Waals surface area contributed by atoms with Gasteiger partial charge in [-0.1, -0.05) is 140 Å². The van der Waals surface area contributed by atoms with Crippen molar-refractivity contribution in [3.63, 3.8) is 0 Å².